The molecule has 5 nitrogen and oxygen atoms in total. The minimum Gasteiger partial charge on any atom is -0.405 e. The minimum atomic E-state index is -4.71. The van der Waals surface area contributed by atoms with E-state index >= 15 is 0 Å². The van der Waals surface area contributed by atoms with E-state index in [0.29, 0.717) is 14.8 Å². The topological polar surface area (TPSA) is 65.4 Å². The monoisotopic (exact) mass is 410 g/mol. The first-order valence-corrected chi connectivity index (χ1v) is 6.73. The van der Waals surface area contributed by atoms with Crippen molar-refractivity contribution in [1.82, 2.24) is 9.66 Å². The van der Waals surface area contributed by atoms with Crippen LogP contribution in [0.5, 0.6) is 5.75 Å². The molecule has 0 aliphatic rings. The Morgan fingerprint density at radius 1 is 1.43 bits per heavy atom. The lowest BCUT2D eigenvalue weighted by atomic mass is 10.2. The Morgan fingerprint density at radius 2 is 2.14 bits per heavy atom. The third kappa shape index (κ3) is 4.34. The molecule has 0 aliphatic carbocycles. The average Bonchev–Trinajstić information content (AvgIpc) is 2.67. The van der Waals surface area contributed by atoms with Crippen LogP contribution >= 0.6 is 22.6 Å². The summed E-state index contributed by atoms with van der Waals surface area (Å²) in [7, 11) is 0. The van der Waals surface area contributed by atoms with E-state index in [-0.39, 0.29) is 11.7 Å². The fraction of sp³-hybridized carbons (Fsp3) is 0.167. The Morgan fingerprint density at radius 3 is 2.67 bits per heavy atom. The van der Waals surface area contributed by atoms with E-state index in [0.717, 1.165) is 0 Å². The van der Waals surface area contributed by atoms with Crippen molar-refractivity contribution in [2.24, 2.45) is 5.10 Å². The molecule has 2 aromatic rings. The van der Waals surface area contributed by atoms with E-state index in [9.17, 15) is 13.2 Å². The number of nitrogens with two attached hydrogens (primary N) is 1. The summed E-state index contributed by atoms with van der Waals surface area (Å²) in [6.07, 6.45) is -1.60. The number of nitrogen functional groups attached to an aromatic ring is 1. The van der Waals surface area contributed by atoms with Crippen LogP contribution < -0.4 is 10.5 Å². The maximum absolute atomic E-state index is 12.2. The van der Waals surface area contributed by atoms with E-state index in [1.54, 1.807) is 35.7 Å². The second-order valence-electron chi connectivity index (χ2n) is 4.07. The van der Waals surface area contributed by atoms with Crippen molar-refractivity contribution in [1.29, 1.82) is 0 Å². The summed E-state index contributed by atoms with van der Waals surface area (Å²) in [5.74, 6) is -0.0197. The maximum atomic E-state index is 12.2. The highest BCUT2D eigenvalue weighted by Gasteiger charge is 2.31. The Balaban J connectivity index is 2.19. The van der Waals surface area contributed by atoms with Crippen LogP contribution in [0.4, 0.5) is 19.1 Å². The molecular weight excluding hydrogens is 400 g/mol. The molecule has 1 aromatic carbocycles. The van der Waals surface area contributed by atoms with Crippen molar-refractivity contribution in [3.05, 3.63) is 39.2 Å². The highest BCUT2D eigenvalue weighted by atomic mass is 127. The molecule has 0 unspecified atom stereocenters. The number of rotatable bonds is 3. The maximum Gasteiger partial charge on any atom is 0.573 e. The number of aryl methyl sites for hydroxylation is 1. The molecule has 1 aromatic heterocycles. The third-order valence-corrected chi connectivity index (χ3v) is 3.19. The summed E-state index contributed by atoms with van der Waals surface area (Å²) >= 11 is 1.76. The van der Waals surface area contributed by atoms with Crippen LogP contribution in [0.25, 0.3) is 0 Å². The van der Waals surface area contributed by atoms with Gasteiger partial charge in [0.15, 0.2) is 0 Å². The molecule has 21 heavy (non-hydrogen) atoms. The summed E-state index contributed by atoms with van der Waals surface area (Å²) in [6, 6.07) is 4.22. The van der Waals surface area contributed by atoms with Gasteiger partial charge in [-0.3, -0.25) is 0 Å². The first-order chi connectivity index (χ1) is 9.74. The van der Waals surface area contributed by atoms with Gasteiger partial charge in [0.25, 0.3) is 0 Å². The highest BCUT2D eigenvalue weighted by molar-refractivity contribution is 14.1. The number of aromatic nitrogens is 2. The first kappa shape index (κ1) is 15.6. The molecule has 0 radical (unpaired) electrons. The second-order valence-corrected chi connectivity index (χ2v) is 5.23. The molecule has 0 amide bonds. The fourth-order valence-electron chi connectivity index (χ4n) is 1.53. The zero-order valence-corrected chi connectivity index (χ0v) is 12.9. The smallest absolute Gasteiger partial charge is 0.405 e. The molecule has 1 heterocycles. The van der Waals surface area contributed by atoms with Crippen LogP contribution in [0, 0.1) is 10.5 Å². The van der Waals surface area contributed by atoms with E-state index in [1.807, 2.05) is 0 Å². The number of ether oxygens (including phenoxy) is 1. The van der Waals surface area contributed by atoms with E-state index < -0.39 is 6.36 Å². The van der Waals surface area contributed by atoms with Crippen LogP contribution in [-0.2, 0) is 0 Å². The van der Waals surface area contributed by atoms with Crippen molar-refractivity contribution >= 4 is 34.8 Å². The Kier molecular flexibility index (Phi) is 4.40. The van der Waals surface area contributed by atoms with Gasteiger partial charge in [-0.1, -0.05) is 0 Å². The number of nitrogens with zero attached hydrogens (tertiary/aromatic N) is 3. The number of hydrogen-bond acceptors (Lipinski definition) is 4. The Labute approximate surface area is 131 Å². The molecule has 112 valence electrons. The molecule has 0 saturated heterocycles. The largest absolute Gasteiger partial charge is 0.573 e. The van der Waals surface area contributed by atoms with Gasteiger partial charge in [-0.2, -0.15) is 5.10 Å². The van der Waals surface area contributed by atoms with Gasteiger partial charge in [0.1, 0.15) is 5.75 Å². The number of halogens is 4. The normalized spacial score (nSPS) is 12.0. The molecule has 2 N–H and O–H groups in total. The van der Waals surface area contributed by atoms with Crippen LogP contribution in [0.15, 0.2) is 29.5 Å². The molecule has 0 spiro atoms. The lowest BCUT2D eigenvalue weighted by Crippen LogP contribution is -2.17. The van der Waals surface area contributed by atoms with Crippen LogP contribution in [0.3, 0.4) is 0 Å². The molecule has 0 saturated carbocycles. The molecule has 0 bridgehead atoms. The number of benzene rings is 1. The first-order valence-electron chi connectivity index (χ1n) is 5.66. The summed E-state index contributed by atoms with van der Waals surface area (Å²) in [4.78, 5) is 3.98. The Bertz CT molecular complexity index is 682. The van der Waals surface area contributed by atoms with E-state index in [1.165, 1.54) is 29.1 Å². The SMILES string of the molecule is Cc1cn(N=Cc2ccc(OC(F)(F)F)c(I)c2)c(N)n1. The van der Waals surface area contributed by atoms with Crippen LogP contribution in [0.1, 0.15) is 11.3 Å². The number of alkyl halides is 3. The highest BCUT2D eigenvalue weighted by Crippen LogP contribution is 2.27. The number of hydrogen-bond donors (Lipinski definition) is 1. The predicted octanol–water partition coefficient (Wildman–Crippen LogP) is 3.16. The summed E-state index contributed by atoms with van der Waals surface area (Å²) in [6.45, 7) is 1.77. The quantitative estimate of drug-likeness (QED) is 0.625. The van der Waals surface area contributed by atoms with Gasteiger partial charge in [-0.25, -0.2) is 9.66 Å². The second kappa shape index (κ2) is 5.92. The van der Waals surface area contributed by atoms with Crippen molar-refractivity contribution in [2.75, 3.05) is 5.73 Å². The zero-order chi connectivity index (χ0) is 15.6. The fourth-order valence-corrected chi connectivity index (χ4v) is 2.18. The molecule has 0 aliphatic heterocycles. The third-order valence-electron chi connectivity index (χ3n) is 2.35. The molecule has 2 rings (SSSR count). The summed E-state index contributed by atoms with van der Waals surface area (Å²) in [5.41, 5.74) is 6.95. The van der Waals surface area contributed by atoms with Crippen molar-refractivity contribution in [3.8, 4) is 5.75 Å². The van der Waals surface area contributed by atoms with Crippen molar-refractivity contribution in [3.63, 3.8) is 0 Å². The lowest BCUT2D eigenvalue weighted by molar-refractivity contribution is -0.274. The predicted molar refractivity (Wildman–Crippen MR) is 80.2 cm³/mol. The molecular formula is C12H10F3IN4O. The standard InChI is InChI=1S/C12H10F3IN4O/c1-7-6-20(11(17)19-7)18-5-8-2-3-10(9(16)4-8)21-12(13,14)15/h2-6H,1H3,(H2,17,19). The summed E-state index contributed by atoms with van der Waals surface area (Å²) < 4.78 is 42.1. The minimum absolute atomic E-state index is 0.232. The molecule has 0 atom stereocenters. The summed E-state index contributed by atoms with van der Waals surface area (Å²) in [5, 5.41) is 4.08. The van der Waals surface area contributed by atoms with Crippen molar-refractivity contribution < 1.29 is 17.9 Å². The van der Waals surface area contributed by atoms with Gasteiger partial charge >= 0.3 is 6.36 Å². The van der Waals surface area contributed by atoms with Gasteiger partial charge in [0.2, 0.25) is 5.95 Å². The lowest BCUT2D eigenvalue weighted by Gasteiger charge is -2.10. The molecule has 9 heteroatoms. The van der Waals surface area contributed by atoms with Gasteiger partial charge in [0.05, 0.1) is 21.7 Å². The van der Waals surface area contributed by atoms with Gasteiger partial charge in [-0.05, 0) is 53.3 Å². The van der Waals surface area contributed by atoms with Crippen molar-refractivity contribution in [2.45, 2.75) is 13.3 Å². The van der Waals surface area contributed by atoms with E-state index in [4.69, 9.17) is 5.73 Å². The van der Waals surface area contributed by atoms with Gasteiger partial charge in [0, 0.05) is 0 Å². The van der Waals surface area contributed by atoms with Crippen LogP contribution in [-0.4, -0.2) is 22.2 Å². The molecule has 0 fully saturated rings. The number of imidazole rings is 1. The van der Waals surface area contributed by atoms with E-state index in [2.05, 4.69) is 14.8 Å². The van der Waals surface area contributed by atoms with Gasteiger partial charge in [-0.15, -0.1) is 13.2 Å². The Hall–Kier alpha value is -1.78. The van der Waals surface area contributed by atoms with Crippen LogP contribution in [0.2, 0.25) is 0 Å². The average molecular weight is 410 g/mol. The van der Waals surface area contributed by atoms with Gasteiger partial charge < -0.3 is 10.5 Å². The number of anilines is 1. The zero-order valence-electron chi connectivity index (χ0n) is 10.7.